The van der Waals surface area contributed by atoms with Crippen LogP contribution in [0.1, 0.15) is 47.2 Å². The van der Waals surface area contributed by atoms with Crippen LogP contribution >= 0.6 is 0 Å². The lowest BCUT2D eigenvalue weighted by Gasteiger charge is -2.50. The van der Waals surface area contributed by atoms with Crippen LogP contribution in [0.15, 0.2) is 24.8 Å². The molecule has 30 heavy (non-hydrogen) atoms. The molecule has 4 aliphatic rings. The Balaban J connectivity index is 1.69. The minimum absolute atomic E-state index is 0.0789. The molecule has 2 fully saturated rings. The van der Waals surface area contributed by atoms with Crippen molar-refractivity contribution >= 4 is 5.91 Å². The number of amides is 1. The summed E-state index contributed by atoms with van der Waals surface area (Å²) in [5.74, 6) is -0.849. The molecule has 7 nitrogen and oxygen atoms in total. The van der Waals surface area contributed by atoms with Crippen LogP contribution in [0.2, 0.25) is 0 Å². The number of nitrogens with two attached hydrogens (primary N) is 1. The van der Waals surface area contributed by atoms with Crippen LogP contribution < -0.4 is 10.5 Å². The van der Waals surface area contributed by atoms with E-state index in [9.17, 15) is 9.90 Å². The fourth-order valence-corrected chi connectivity index (χ4v) is 5.84. The second kappa shape index (κ2) is 7.34. The van der Waals surface area contributed by atoms with E-state index in [0.717, 1.165) is 37.1 Å². The van der Waals surface area contributed by atoms with Crippen molar-refractivity contribution in [3.63, 3.8) is 0 Å². The van der Waals surface area contributed by atoms with Crippen molar-refractivity contribution in [1.29, 1.82) is 0 Å². The van der Waals surface area contributed by atoms with E-state index < -0.39 is 23.4 Å². The molecule has 5 rings (SSSR count). The predicted molar refractivity (Wildman–Crippen MR) is 110 cm³/mol. The third kappa shape index (κ3) is 3.07. The van der Waals surface area contributed by atoms with E-state index in [1.54, 1.807) is 6.07 Å². The van der Waals surface area contributed by atoms with Crippen molar-refractivity contribution in [2.45, 2.75) is 62.1 Å². The number of aliphatic hydroxyl groups is 1. The van der Waals surface area contributed by atoms with Crippen LogP contribution in [0.5, 0.6) is 5.75 Å². The van der Waals surface area contributed by atoms with Gasteiger partial charge in [0.25, 0.3) is 5.91 Å². The first-order valence-electron chi connectivity index (χ1n) is 10.9. The molecule has 6 bridgehead atoms. The first-order valence-corrected chi connectivity index (χ1v) is 10.9. The van der Waals surface area contributed by atoms with Crippen LogP contribution in [0, 0.1) is 0 Å². The third-order valence-corrected chi connectivity index (χ3v) is 7.31. The highest BCUT2D eigenvalue weighted by Crippen LogP contribution is 2.48. The molecule has 3 aliphatic heterocycles. The summed E-state index contributed by atoms with van der Waals surface area (Å²) in [6, 6.07) is 3.66. The molecule has 1 saturated carbocycles. The largest absolute Gasteiger partial charge is 0.484 e. The van der Waals surface area contributed by atoms with Gasteiger partial charge in [0, 0.05) is 25.4 Å². The van der Waals surface area contributed by atoms with E-state index in [2.05, 4.69) is 11.5 Å². The summed E-state index contributed by atoms with van der Waals surface area (Å²) in [4.78, 5) is 14.6. The Morgan fingerprint density at radius 2 is 2.13 bits per heavy atom. The molecule has 1 aliphatic carbocycles. The smallest absolute Gasteiger partial charge is 0.252 e. The normalized spacial score (nSPS) is 32.4. The summed E-state index contributed by atoms with van der Waals surface area (Å²) in [5, 5.41) is 11.9. The summed E-state index contributed by atoms with van der Waals surface area (Å²) in [5.41, 5.74) is 7.28. The highest BCUT2D eigenvalue weighted by Gasteiger charge is 2.58. The number of rotatable bonds is 3. The number of hydrogen-bond donors (Lipinski definition) is 2. The molecule has 1 amide bonds. The van der Waals surface area contributed by atoms with Gasteiger partial charge >= 0.3 is 0 Å². The van der Waals surface area contributed by atoms with Gasteiger partial charge in [-0.3, -0.25) is 9.69 Å². The van der Waals surface area contributed by atoms with Gasteiger partial charge in [0.2, 0.25) is 5.79 Å². The lowest BCUT2D eigenvalue weighted by Crippen LogP contribution is -2.63. The first kappa shape index (κ1) is 20.0. The molecule has 7 heteroatoms. The number of fused-ring (bicyclic) bond motifs is 5. The lowest BCUT2D eigenvalue weighted by atomic mass is 9.72. The Hall–Kier alpha value is -1.93. The third-order valence-electron chi connectivity index (χ3n) is 7.31. The molecule has 1 aromatic carbocycles. The van der Waals surface area contributed by atoms with Crippen LogP contribution in [0.25, 0.3) is 0 Å². The zero-order valence-electron chi connectivity index (χ0n) is 17.3. The highest BCUT2D eigenvalue weighted by atomic mass is 16.8. The van der Waals surface area contributed by atoms with Crippen molar-refractivity contribution in [3.8, 4) is 5.75 Å². The molecular weight excluding hydrogens is 384 g/mol. The van der Waals surface area contributed by atoms with E-state index in [1.807, 2.05) is 12.1 Å². The average molecular weight is 415 g/mol. The minimum atomic E-state index is -0.956. The van der Waals surface area contributed by atoms with Crippen molar-refractivity contribution in [2.75, 3.05) is 26.3 Å². The lowest BCUT2D eigenvalue weighted by molar-refractivity contribution is -0.258. The number of primary amides is 1. The van der Waals surface area contributed by atoms with Gasteiger partial charge in [-0.1, -0.05) is 12.1 Å². The van der Waals surface area contributed by atoms with Gasteiger partial charge in [-0.2, -0.15) is 0 Å². The number of carbonyl (C=O) groups is 1. The van der Waals surface area contributed by atoms with Crippen LogP contribution in [-0.2, 0) is 22.3 Å². The van der Waals surface area contributed by atoms with Crippen LogP contribution in [0.4, 0.5) is 0 Å². The van der Waals surface area contributed by atoms with E-state index in [-0.39, 0.29) is 6.04 Å². The Morgan fingerprint density at radius 1 is 1.33 bits per heavy atom. The number of nitrogens with zero attached hydrogens (tertiary/aromatic N) is 1. The quantitative estimate of drug-likeness (QED) is 0.729. The van der Waals surface area contributed by atoms with Crippen molar-refractivity contribution in [3.05, 3.63) is 41.5 Å². The maximum Gasteiger partial charge on any atom is 0.252 e. The second-order valence-electron chi connectivity index (χ2n) is 8.97. The average Bonchev–Trinajstić information content (AvgIpc) is 3.17. The van der Waals surface area contributed by atoms with E-state index in [4.69, 9.17) is 19.9 Å². The topological polar surface area (TPSA) is 94.3 Å². The predicted octanol–water partition coefficient (Wildman–Crippen LogP) is 1.55. The summed E-state index contributed by atoms with van der Waals surface area (Å²) in [6.45, 7) is 6.50. The van der Waals surface area contributed by atoms with Gasteiger partial charge < -0.3 is 25.1 Å². The molecule has 3 unspecified atom stereocenters. The molecular formula is C23H30N2O5. The molecule has 162 valence electrons. The maximum absolute atomic E-state index is 12.2. The van der Waals surface area contributed by atoms with Crippen molar-refractivity contribution in [1.82, 2.24) is 4.90 Å². The molecule has 1 spiro atoms. The molecule has 1 saturated heterocycles. The van der Waals surface area contributed by atoms with Crippen LogP contribution in [0.3, 0.4) is 0 Å². The summed E-state index contributed by atoms with van der Waals surface area (Å²) >= 11 is 0. The first-order chi connectivity index (χ1) is 14.5. The molecule has 3 N–H and O–H groups in total. The van der Waals surface area contributed by atoms with Gasteiger partial charge in [0.15, 0.2) is 6.10 Å². The summed E-state index contributed by atoms with van der Waals surface area (Å²) in [6.07, 6.45) is 5.25. The fraction of sp³-hybridized carbons (Fsp3) is 0.609. The van der Waals surface area contributed by atoms with E-state index in [1.165, 1.54) is 0 Å². The molecule has 3 atom stereocenters. The second-order valence-corrected chi connectivity index (χ2v) is 8.97. The van der Waals surface area contributed by atoms with Gasteiger partial charge in [0.1, 0.15) is 5.75 Å². The highest BCUT2D eigenvalue weighted by molar-refractivity contribution is 5.96. The SMILES string of the molecule is C=CCN1CCCc2c3ccc(C(N)=O)c2OC2CC(O)(CCC24OCCO4)C1C3. The minimum Gasteiger partial charge on any atom is -0.484 e. The Labute approximate surface area is 176 Å². The number of hydrogen-bond acceptors (Lipinski definition) is 6. The summed E-state index contributed by atoms with van der Waals surface area (Å²) in [7, 11) is 0. The molecule has 3 heterocycles. The number of carbonyl (C=O) groups excluding carboxylic acids is 1. The van der Waals surface area contributed by atoms with Gasteiger partial charge in [-0.15, -0.1) is 6.58 Å². The zero-order chi connectivity index (χ0) is 20.9. The molecule has 0 radical (unpaired) electrons. The monoisotopic (exact) mass is 414 g/mol. The van der Waals surface area contributed by atoms with Gasteiger partial charge in [-0.05, 0) is 49.4 Å². The Morgan fingerprint density at radius 3 is 2.87 bits per heavy atom. The number of benzene rings is 1. The van der Waals surface area contributed by atoms with E-state index >= 15 is 0 Å². The van der Waals surface area contributed by atoms with Gasteiger partial charge in [-0.25, -0.2) is 0 Å². The van der Waals surface area contributed by atoms with Gasteiger partial charge in [0.05, 0.1) is 24.4 Å². The van der Waals surface area contributed by atoms with E-state index in [0.29, 0.717) is 50.2 Å². The fourth-order valence-electron chi connectivity index (χ4n) is 5.84. The Bertz CT molecular complexity index is 865. The number of ether oxygens (including phenoxy) is 3. The molecule has 0 aromatic heterocycles. The summed E-state index contributed by atoms with van der Waals surface area (Å²) < 4.78 is 18.6. The van der Waals surface area contributed by atoms with Crippen molar-refractivity contribution in [2.24, 2.45) is 5.73 Å². The maximum atomic E-state index is 12.2. The Kier molecular flexibility index (Phi) is 4.89. The molecule has 1 aromatic rings. The van der Waals surface area contributed by atoms with Crippen LogP contribution in [-0.4, -0.2) is 65.8 Å². The standard InChI is InChI=1S/C23H30N2O5/c1-2-9-25-10-3-4-16-15-5-6-17(21(24)26)20(16)30-19-14-22(27,18(25)13-15)7-8-23(19)28-11-12-29-23/h2,5-6,18-19,27H,1,3-4,7-14H2,(H2,24,26). The zero-order valence-corrected chi connectivity index (χ0v) is 17.3. The van der Waals surface area contributed by atoms with Crippen molar-refractivity contribution < 1.29 is 24.1 Å².